The Balaban J connectivity index is 1.95. The maximum absolute atomic E-state index is 12.2. The topological polar surface area (TPSA) is 53.0 Å². The molecule has 0 radical (unpaired) electrons. The van der Waals surface area contributed by atoms with Crippen LogP contribution in [0.2, 0.25) is 0 Å². The fourth-order valence-electron chi connectivity index (χ4n) is 3.06. The van der Waals surface area contributed by atoms with E-state index in [9.17, 15) is 10.0 Å². The van der Waals surface area contributed by atoms with Crippen LogP contribution in [0.25, 0.3) is 0 Å². The van der Waals surface area contributed by atoms with Crippen molar-refractivity contribution in [3.05, 3.63) is 23.8 Å². The third kappa shape index (κ3) is 1.93. The van der Waals surface area contributed by atoms with Crippen LogP contribution in [0.1, 0.15) is 32.3 Å². The van der Waals surface area contributed by atoms with E-state index >= 15 is 0 Å². The number of amides is 1. The van der Waals surface area contributed by atoms with Crippen LogP contribution >= 0.6 is 0 Å². The summed E-state index contributed by atoms with van der Waals surface area (Å²) in [4.78, 5) is 14.1. The number of anilines is 1. The molecule has 0 spiro atoms. The van der Waals surface area contributed by atoms with Gasteiger partial charge in [-0.1, -0.05) is 13.8 Å². The zero-order valence-corrected chi connectivity index (χ0v) is 11.9. The summed E-state index contributed by atoms with van der Waals surface area (Å²) in [6.45, 7) is 4.61. The molecule has 0 saturated heterocycles. The Kier molecular flexibility index (Phi) is 3.30. The van der Waals surface area contributed by atoms with Crippen molar-refractivity contribution in [3.63, 3.8) is 0 Å². The van der Waals surface area contributed by atoms with Gasteiger partial charge in [0.15, 0.2) is 0 Å². The maximum atomic E-state index is 12.2. The van der Waals surface area contributed by atoms with Crippen molar-refractivity contribution >= 4 is 11.6 Å². The Hall–Kier alpha value is -1.75. The minimum Gasteiger partial charge on any atom is -0.466 e. The van der Waals surface area contributed by atoms with E-state index in [1.54, 1.807) is 0 Å². The average Bonchev–Trinajstić information content (AvgIpc) is 2.75. The quantitative estimate of drug-likeness (QED) is 0.915. The van der Waals surface area contributed by atoms with Gasteiger partial charge in [-0.05, 0) is 30.2 Å². The van der Waals surface area contributed by atoms with Gasteiger partial charge >= 0.3 is 0 Å². The molecule has 2 atom stereocenters. The number of carbonyl (C=O) groups excluding carboxylic acids is 1. The number of carbonyl (C=O) groups is 1. The fourth-order valence-corrected chi connectivity index (χ4v) is 3.06. The molecule has 1 aromatic rings. The molecule has 0 saturated carbocycles. The molecule has 2 unspecified atom stereocenters. The minimum absolute atomic E-state index is 0.109. The highest BCUT2D eigenvalue weighted by Gasteiger charge is 2.42. The summed E-state index contributed by atoms with van der Waals surface area (Å²) >= 11 is 0. The van der Waals surface area contributed by atoms with Crippen LogP contribution in [-0.2, 0) is 11.2 Å². The van der Waals surface area contributed by atoms with Gasteiger partial charge in [-0.2, -0.15) is 0 Å². The van der Waals surface area contributed by atoms with Crippen molar-refractivity contribution in [3.8, 4) is 5.75 Å². The second-order valence-corrected chi connectivity index (χ2v) is 5.36. The third-order valence-corrected chi connectivity index (χ3v) is 4.04. The Morgan fingerprint density at radius 2 is 2.30 bits per heavy atom. The largest absolute Gasteiger partial charge is 0.466 e. The third-order valence-electron chi connectivity index (χ3n) is 4.04. The first kappa shape index (κ1) is 13.2. The van der Waals surface area contributed by atoms with Crippen LogP contribution in [0.4, 0.5) is 5.69 Å². The summed E-state index contributed by atoms with van der Waals surface area (Å²) in [5.41, 5.74) is 1.79. The highest BCUT2D eigenvalue weighted by Crippen LogP contribution is 2.39. The van der Waals surface area contributed by atoms with E-state index in [1.807, 2.05) is 30.0 Å². The predicted octanol–water partition coefficient (Wildman–Crippen LogP) is 2.17. The molecule has 0 aromatic heterocycles. The SMILES string of the molecule is CCCN(C(=O)CC)C1Cc2cc3ccc2OC1N3O. The van der Waals surface area contributed by atoms with Crippen LogP contribution < -0.4 is 9.80 Å². The van der Waals surface area contributed by atoms with E-state index in [2.05, 4.69) is 6.92 Å². The number of ether oxygens (including phenoxy) is 1. The molecule has 4 aliphatic rings. The number of benzene rings is 1. The molecule has 20 heavy (non-hydrogen) atoms. The van der Waals surface area contributed by atoms with Crippen molar-refractivity contribution in [2.24, 2.45) is 0 Å². The normalized spacial score (nSPS) is 22.6. The van der Waals surface area contributed by atoms with Crippen molar-refractivity contribution in [2.75, 3.05) is 11.6 Å². The zero-order chi connectivity index (χ0) is 14.3. The summed E-state index contributed by atoms with van der Waals surface area (Å²) in [6, 6.07) is 5.53. The molecule has 5 rings (SSSR count). The standard InChI is InChI=1S/C15H20N2O3/c1-3-7-16(14(18)4-2)12-9-10-8-11-5-6-13(10)20-15(12)17(11)19/h5-6,8,12,15,19H,3-4,7,9H2,1-2H3. The minimum atomic E-state index is -0.514. The van der Waals surface area contributed by atoms with Crippen LogP contribution in [0.15, 0.2) is 18.2 Å². The van der Waals surface area contributed by atoms with E-state index in [4.69, 9.17) is 4.74 Å². The first-order valence-corrected chi connectivity index (χ1v) is 7.22. The Bertz CT molecular complexity index is 532. The number of hydrogen-bond donors (Lipinski definition) is 1. The van der Waals surface area contributed by atoms with Gasteiger partial charge in [0.05, 0.1) is 11.7 Å². The molecule has 4 heterocycles. The molecule has 1 N–H and O–H groups in total. The van der Waals surface area contributed by atoms with Gasteiger partial charge in [0.2, 0.25) is 12.1 Å². The summed E-state index contributed by atoms with van der Waals surface area (Å²) < 4.78 is 5.87. The van der Waals surface area contributed by atoms with Gasteiger partial charge in [0.25, 0.3) is 0 Å². The van der Waals surface area contributed by atoms with Crippen molar-refractivity contribution in [1.29, 1.82) is 0 Å². The summed E-state index contributed by atoms with van der Waals surface area (Å²) in [6.07, 6.45) is 1.58. The molecule has 5 heteroatoms. The van der Waals surface area contributed by atoms with Crippen LogP contribution in [0.5, 0.6) is 5.75 Å². The van der Waals surface area contributed by atoms with Crippen molar-refractivity contribution in [2.45, 2.75) is 45.4 Å². The smallest absolute Gasteiger partial charge is 0.222 e. The maximum Gasteiger partial charge on any atom is 0.222 e. The summed E-state index contributed by atoms with van der Waals surface area (Å²) in [5.74, 6) is 0.921. The summed E-state index contributed by atoms with van der Waals surface area (Å²) in [7, 11) is 0. The van der Waals surface area contributed by atoms with Crippen LogP contribution in [0, 0.1) is 0 Å². The first-order chi connectivity index (χ1) is 9.65. The van der Waals surface area contributed by atoms with E-state index in [0.29, 0.717) is 13.0 Å². The molecular weight excluding hydrogens is 256 g/mol. The molecule has 108 valence electrons. The molecule has 4 aliphatic heterocycles. The van der Waals surface area contributed by atoms with Crippen LogP contribution in [-0.4, -0.2) is 34.8 Å². The van der Waals surface area contributed by atoms with Crippen molar-refractivity contribution in [1.82, 2.24) is 4.90 Å². The Labute approximate surface area is 118 Å². The van der Waals surface area contributed by atoms with Gasteiger partial charge in [0.1, 0.15) is 5.75 Å². The molecular formula is C15H20N2O3. The number of hydroxylamine groups is 1. The monoisotopic (exact) mass is 276 g/mol. The van der Waals surface area contributed by atoms with E-state index in [1.165, 1.54) is 0 Å². The lowest BCUT2D eigenvalue weighted by Crippen LogP contribution is -2.57. The second kappa shape index (κ2) is 4.98. The van der Waals surface area contributed by atoms with Crippen molar-refractivity contribution < 1.29 is 14.7 Å². The number of hydrogen-bond acceptors (Lipinski definition) is 4. The van der Waals surface area contributed by atoms with E-state index in [0.717, 1.165) is 34.9 Å². The molecule has 0 fully saturated rings. The lowest BCUT2D eigenvalue weighted by Gasteiger charge is -2.40. The molecule has 0 aliphatic carbocycles. The van der Waals surface area contributed by atoms with Gasteiger partial charge in [-0.3, -0.25) is 10.0 Å². The highest BCUT2D eigenvalue weighted by atomic mass is 16.6. The molecule has 5 nitrogen and oxygen atoms in total. The van der Waals surface area contributed by atoms with Gasteiger partial charge in [0, 0.05) is 19.4 Å². The molecule has 1 aromatic carbocycles. The second-order valence-electron chi connectivity index (χ2n) is 5.36. The molecule has 4 bridgehead atoms. The average molecular weight is 276 g/mol. The number of nitrogens with zero attached hydrogens (tertiary/aromatic N) is 2. The fraction of sp³-hybridized carbons (Fsp3) is 0.533. The van der Waals surface area contributed by atoms with Gasteiger partial charge in [-0.15, -0.1) is 0 Å². The summed E-state index contributed by atoms with van der Waals surface area (Å²) in [5, 5.41) is 11.5. The zero-order valence-electron chi connectivity index (χ0n) is 11.9. The Morgan fingerprint density at radius 1 is 1.50 bits per heavy atom. The lowest BCUT2D eigenvalue weighted by atomic mass is 10.0. The highest BCUT2D eigenvalue weighted by molar-refractivity contribution is 5.76. The number of rotatable bonds is 4. The predicted molar refractivity (Wildman–Crippen MR) is 74.9 cm³/mol. The van der Waals surface area contributed by atoms with Gasteiger partial charge < -0.3 is 9.64 Å². The molecule has 1 amide bonds. The van der Waals surface area contributed by atoms with Gasteiger partial charge in [-0.25, -0.2) is 5.06 Å². The van der Waals surface area contributed by atoms with Crippen LogP contribution in [0.3, 0.4) is 0 Å². The Morgan fingerprint density at radius 3 is 3.00 bits per heavy atom. The first-order valence-electron chi connectivity index (χ1n) is 7.22. The lowest BCUT2D eigenvalue weighted by molar-refractivity contribution is -0.136. The number of fused-ring (bicyclic) bond motifs is 2. The van der Waals surface area contributed by atoms with E-state index in [-0.39, 0.29) is 11.9 Å². The van der Waals surface area contributed by atoms with E-state index < -0.39 is 6.23 Å².